The molecule has 2 unspecified atom stereocenters. The minimum absolute atomic E-state index is 0.0555. The van der Waals surface area contributed by atoms with Gasteiger partial charge < -0.3 is 9.64 Å². The Kier molecular flexibility index (Phi) is 5.30. The molecule has 1 fully saturated rings. The average molecular weight is 401 g/mol. The van der Waals surface area contributed by atoms with Crippen molar-refractivity contribution in [2.24, 2.45) is 0 Å². The van der Waals surface area contributed by atoms with Crippen LogP contribution in [-0.2, 0) is 15.5 Å². The average Bonchev–Trinajstić information content (AvgIpc) is 3.20. The van der Waals surface area contributed by atoms with Crippen molar-refractivity contribution in [3.05, 3.63) is 35.9 Å². The van der Waals surface area contributed by atoms with Crippen LogP contribution in [0.15, 0.2) is 34.7 Å². The standard InChI is InChI=1S/C14H13ClN4O4S2/c1-25(22)13-17-16-12(24-13)19-10(7-18(8-15)14(19)21)23-11(20)9-5-3-2-4-6-9/h2-6,10H,7-8H2,1H3. The molecule has 2 atom stereocenters. The molecular formula is C14H13ClN4O4S2. The number of esters is 1. The largest absolute Gasteiger partial charge is 0.435 e. The lowest BCUT2D eigenvalue weighted by Crippen LogP contribution is -2.37. The molecule has 0 radical (unpaired) electrons. The van der Waals surface area contributed by atoms with Gasteiger partial charge in [-0.05, 0) is 12.1 Å². The first-order valence-corrected chi connectivity index (χ1v) is 9.99. The van der Waals surface area contributed by atoms with Crippen LogP contribution < -0.4 is 4.90 Å². The van der Waals surface area contributed by atoms with Crippen molar-refractivity contribution < 1.29 is 18.5 Å². The van der Waals surface area contributed by atoms with Crippen molar-refractivity contribution in [1.82, 2.24) is 15.1 Å². The Bertz CT molecular complexity index is 816. The number of aromatic nitrogens is 2. The number of hydrogen-bond acceptors (Lipinski definition) is 7. The van der Waals surface area contributed by atoms with Crippen molar-refractivity contribution in [1.29, 1.82) is 0 Å². The van der Waals surface area contributed by atoms with Crippen molar-refractivity contribution in [2.45, 2.75) is 10.6 Å². The quantitative estimate of drug-likeness (QED) is 0.329. The molecule has 1 saturated heterocycles. The summed E-state index contributed by atoms with van der Waals surface area (Å²) in [4.78, 5) is 27.3. The first-order valence-electron chi connectivity index (χ1n) is 7.08. The third kappa shape index (κ3) is 3.65. The van der Waals surface area contributed by atoms with Gasteiger partial charge in [-0.1, -0.05) is 29.5 Å². The highest BCUT2D eigenvalue weighted by atomic mass is 35.5. The maximum absolute atomic E-state index is 12.5. The van der Waals surface area contributed by atoms with Crippen LogP contribution in [0.25, 0.3) is 0 Å². The molecule has 11 heteroatoms. The number of alkyl halides is 1. The predicted octanol–water partition coefficient (Wildman–Crippen LogP) is 1.90. The number of nitrogens with zero attached hydrogens (tertiary/aromatic N) is 4. The number of urea groups is 1. The summed E-state index contributed by atoms with van der Waals surface area (Å²) in [7, 11) is -1.32. The third-order valence-electron chi connectivity index (χ3n) is 3.39. The fraction of sp³-hybridized carbons (Fsp3) is 0.286. The molecule has 132 valence electrons. The number of amides is 2. The van der Waals surface area contributed by atoms with E-state index in [1.807, 2.05) is 0 Å². The smallest absolute Gasteiger partial charge is 0.340 e. The van der Waals surface area contributed by atoms with Gasteiger partial charge in [0.05, 0.1) is 28.9 Å². The van der Waals surface area contributed by atoms with Crippen LogP contribution in [0.5, 0.6) is 0 Å². The maximum atomic E-state index is 12.5. The van der Waals surface area contributed by atoms with Gasteiger partial charge >= 0.3 is 12.0 Å². The second-order valence-corrected chi connectivity index (χ2v) is 7.77. The van der Waals surface area contributed by atoms with E-state index >= 15 is 0 Å². The van der Waals surface area contributed by atoms with Gasteiger partial charge in [0.1, 0.15) is 0 Å². The molecule has 3 rings (SSSR count). The normalized spacial score (nSPS) is 18.5. The molecule has 2 heterocycles. The SMILES string of the molecule is CS(=O)c1nnc(N2C(=O)N(CCl)CC2OC(=O)c2ccccc2)s1. The molecule has 0 saturated carbocycles. The highest BCUT2D eigenvalue weighted by Gasteiger charge is 2.42. The minimum atomic E-state index is -1.32. The zero-order valence-electron chi connectivity index (χ0n) is 13.0. The predicted molar refractivity (Wildman–Crippen MR) is 93.2 cm³/mol. The van der Waals surface area contributed by atoms with Gasteiger partial charge in [0, 0.05) is 6.26 Å². The highest BCUT2D eigenvalue weighted by molar-refractivity contribution is 7.86. The van der Waals surface area contributed by atoms with E-state index < -0.39 is 29.0 Å². The summed E-state index contributed by atoms with van der Waals surface area (Å²) in [5.74, 6) is -0.566. The Morgan fingerprint density at radius 2 is 2.12 bits per heavy atom. The Hall–Kier alpha value is -2.04. The number of ether oxygens (including phenoxy) is 1. The number of carbonyl (C=O) groups is 2. The van der Waals surface area contributed by atoms with E-state index in [2.05, 4.69) is 10.2 Å². The van der Waals surface area contributed by atoms with Crippen molar-refractivity contribution in [3.8, 4) is 0 Å². The van der Waals surface area contributed by atoms with Crippen molar-refractivity contribution >= 4 is 50.9 Å². The molecule has 25 heavy (non-hydrogen) atoms. The van der Waals surface area contributed by atoms with E-state index in [4.69, 9.17) is 16.3 Å². The maximum Gasteiger partial charge on any atom is 0.340 e. The molecule has 1 aliphatic heterocycles. The van der Waals surface area contributed by atoms with Crippen molar-refractivity contribution in [3.63, 3.8) is 0 Å². The minimum Gasteiger partial charge on any atom is -0.435 e. The van der Waals surface area contributed by atoms with Gasteiger partial charge in [-0.2, -0.15) is 0 Å². The molecule has 0 bridgehead atoms. The number of halogens is 1. The van der Waals surface area contributed by atoms with Crippen LogP contribution in [0.4, 0.5) is 9.93 Å². The summed E-state index contributed by atoms with van der Waals surface area (Å²) in [5.41, 5.74) is 0.367. The molecule has 8 nitrogen and oxygen atoms in total. The van der Waals surface area contributed by atoms with E-state index in [1.54, 1.807) is 30.3 Å². The molecule has 2 aromatic rings. The van der Waals surface area contributed by atoms with Crippen LogP contribution in [0.3, 0.4) is 0 Å². The molecular weight excluding hydrogens is 388 g/mol. The Balaban J connectivity index is 1.86. The summed E-state index contributed by atoms with van der Waals surface area (Å²) in [6.45, 7) is 0.102. The van der Waals surface area contributed by atoms with Crippen LogP contribution in [0.1, 0.15) is 10.4 Å². The highest BCUT2D eigenvalue weighted by Crippen LogP contribution is 2.30. The number of hydrogen-bond donors (Lipinski definition) is 0. The molecule has 1 aromatic heterocycles. The molecule has 2 amide bonds. The molecule has 0 aliphatic carbocycles. The Morgan fingerprint density at radius 1 is 1.40 bits per heavy atom. The summed E-state index contributed by atoms with van der Waals surface area (Å²) in [5, 5.41) is 7.89. The van der Waals surface area contributed by atoms with Gasteiger partial charge in [-0.25, -0.2) is 14.5 Å². The fourth-order valence-corrected chi connectivity index (χ4v) is 3.86. The van der Waals surface area contributed by atoms with E-state index in [0.717, 1.165) is 11.3 Å². The second kappa shape index (κ2) is 7.46. The van der Waals surface area contributed by atoms with Gasteiger partial charge in [0.25, 0.3) is 0 Å². The van der Waals surface area contributed by atoms with Crippen LogP contribution >= 0.6 is 22.9 Å². The van der Waals surface area contributed by atoms with E-state index in [9.17, 15) is 13.8 Å². The van der Waals surface area contributed by atoms with Gasteiger partial charge in [-0.3, -0.25) is 4.21 Å². The first kappa shape index (κ1) is 17.8. The van der Waals surface area contributed by atoms with Crippen LogP contribution in [0, 0.1) is 0 Å². The van der Waals surface area contributed by atoms with Gasteiger partial charge in [-0.15, -0.1) is 21.8 Å². The Labute approximate surface area is 154 Å². The zero-order valence-corrected chi connectivity index (χ0v) is 15.4. The lowest BCUT2D eigenvalue weighted by atomic mass is 10.2. The lowest BCUT2D eigenvalue weighted by molar-refractivity contribution is 0.0329. The number of rotatable bonds is 5. The third-order valence-corrected chi connectivity index (χ3v) is 5.92. The summed E-state index contributed by atoms with van der Waals surface area (Å²) in [6.07, 6.45) is 0.568. The second-order valence-electron chi connectivity index (χ2n) is 5.03. The lowest BCUT2D eigenvalue weighted by Gasteiger charge is -2.19. The molecule has 0 N–H and O–H groups in total. The molecule has 1 aliphatic rings. The molecule has 0 spiro atoms. The Morgan fingerprint density at radius 3 is 2.72 bits per heavy atom. The number of benzene rings is 1. The number of anilines is 1. The zero-order chi connectivity index (χ0) is 18.0. The summed E-state index contributed by atoms with van der Waals surface area (Å²) < 4.78 is 17.3. The molecule has 1 aromatic carbocycles. The van der Waals surface area contributed by atoms with Crippen LogP contribution in [-0.4, -0.2) is 56.3 Å². The van der Waals surface area contributed by atoms with Gasteiger partial charge in [0.15, 0.2) is 0 Å². The van der Waals surface area contributed by atoms with Gasteiger partial charge in [0.2, 0.25) is 15.7 Å². The summed E-state index contributed by atoms with van der Waals surface area (Å²) in [6, 6.07) is 7.94. The summed E-state index contributed by atoms with van der Waals surface area (Å²) >= 11 is 6.79. The van der Waals surface area contributed by atoms with E-state index in [0.29, 0.717) is 5.56 Å². The van der Waals surface area contributed by atoms with Crippen molar-refractivity contribution in [2.75, 3.05) is 23.7 Å². The monoisotopic (exact) mass is 400 g/mol. The topological polar surface area (TPSA) is 92.7 Å². The fourth-order valence-electron chi connectivity index (χ4n) is 2.20. The van der Waals surface area contributed by atoms with E-state index in [1.165, 1.54) is 16.1 Å². The first-order chi connectivity index (χ1) is 12.0. The van der Waals surface area contributed by atoms with Crippen LogP contribution in [0.2, 0.25) is 0 Å². The number of carbonyl (C=O) groups excluding carboxylic acids is 2. The van der Waals surface area contributed by atoms with E-state index in [-0.39, 0.29) is 22.0 Å².